The molecule has 43 heavy (non-hydrogen) atoms. The number of hydrogen-bond acceptors (Lipinski definition) is 6. The van der Waals surface area contributed by atoms with E-state index in [1.165, 1.54) is 0 Å². The monoisotopic (exact) mass is 820 g/mol. The fourth-order valence-corrected chi connectivity index (χ4v) is 10.3. The number of halogens is 2. The van der Waals surface area contributed by atoms with Crippen LogP contribution in [0.15, 0.2) is 79.0 Å². The molecule has 3 aromatic carbocycles. The van der Waals surface area contributed by atoms with Crippen molar-refractivity contribution in [2.24, 2.45) is 5.92 Å². The summed E-state index contributed by atoms with van der Waals surface area (Å²) in [4.78, 5) is 28.0. The number of anilines is 1. The number of amides is 1. The third-order valence-corrected chi connectivity index (χ3v) is 12.7. The maximum absolute atomic E-state index is 14.6. The molecule has 6 rings (SSSR count). The van der Waals surface area contributed by atoms with Gasteiger partial charge in [-0.2, -0.15) is 0 Å². The van der Waals surface area contributed by atoms with Gasteiger partial charge in [0.05, 0.1) is 24.5 Å². The number of nitrogens with zero attached hydrogens (tertiary/aromatic N) is 4. The number of hydrogen-bond donors (Lipinski definition) is 2. The van der Waals surface area contributed by atoms with E-state index in [4.69, 9.17) is 4.74 Å². The lowest BCUT2D eigenvalue weighted by Gasteiger charge is -2.32. The molecule has 8 nitrogen and oxygen atoms in total. The Morgan fingerprint density at radius 2 is 1.74 bits per heavy atom. The van der Waals surface area contributed by atoms with Crippen molar-refractivity contribution in [2.75, 3.05) is 4.90 Å². The van der Waals surface area contributed by atoms with E-state index in [2.05, 4.69) is 92.7 Å². The molecule has 224 valence electrons. The summed E-state index contributed by atoms with van der Waals surface area (Å²) in [6, 6.07) is 23.7. The molecule has 5 atom stereocenters. The topological polar surface area (TPSA) is 101 Å². The van der Waals surface area contributed by atoms with Gasteiger partial charge in [-0.25, -0.2) is 0 Å². The van der Waals surface area contributed by atoms with Crippen LogP contribution in [0.4, 0.5) is 5.69 Å². The first-order valence-corrected chi connectivity index (χ1v) is 19.6. The highest BCUT2D eigenvalue weighted by molar-refractivity contribution is 14.1. The Morgan fingerprint density at radius 1 is 1.05 bits per heavy atom. The van der Waals surface area contributed by atoms with Crippen LogP contribution >= 0.6 is 45.2 Å². The van der Waals surface area contributed by atoms with Gasteiger partial charge in [-0.3, -0.25) is 9.48 Å². The number of aliphatic hydroxyl groups is 1. The van der Waals surface area contributed by atoms with E-state index in [9.17, 15) is 14.7 Å². The molecule has 0 radical (unpaired) electrons. The Morgan fingerprint density at radius 3 is 2.44 bits per heavy atom. The SMILES string of the molecule is C[C@@H]1[C@@H]([Si](C)(C)O)[C@H](CCn2cc([C@H](O)c3ccccc3)nn2)O[C@@]12C(=O)N(Cc1ccc(I)cc1)c1ccc(I)cc12. The zero-order valence-corrected chi connectivity index (χ0v) is 29.5. The number of benzene rings is 3. The fourth-order valence-electron chi connectivity index (χ4n) is 6.86. The lowest BCUT2D eigenvalue weighted by molar-refractivity contribution is -0.146. The molecule has 2 N–H and O–H groups in total. The third kappa shape index (κ3) is 5.72. The van der Waals surface area contributed by atoms with Crippen molar-refractivity contribution in [3.05, 3.63) is 109 Å². The van der Waals surface area contributed by atoms with Gasteiger partial charge in [-0.05, 0) is 106 Å². The molecule has 0 bridgehead atoms. The van der Waals surface area contributed by atoms with Crippen molar-refractivity contribution in [3.63, 3.8) is 0 Å². The summed E-state index contributed by atoms with van der Waals surface area (Å²) in [5.41, 5.74) is 2.64. The molecule has 1 saturated heterocycles. The van der Waals surface area contributed by atoms with Crippen LogP contribution in [0, 0.1) is 13.1 Å². The van der Waals surface area contributed by atoms with E-state index in [0.29, 0.717) is 25.2 Å². The Balaban J connectivity index is 1.29. The lowest BCUT2D eigenvalue weighted by Crippen LogP contribution is -2.46. The summed E-state index contributed by atoms with van der Waals surface area (Å²) in [6.45, 7) is 6.86. The van der Waals surface area contributed by atoms with E-state index in [1.807, 2.05) is 60.5 Å². The first-order valence-electron chi connectivity index (χ1n) is 14.4. The predicted molar refractivity (Wildman–Crippen MR) is 184 cm³/mol. The highest BCUT2D eigenvalue weighted by atomic mass is 127. The summed E-state index contributed by atoms with van der Waals surface area (Å²) in [5.74, 6) is -0.308. The Hall–Kier alpha value is -2.17. The first-order chi connectivity index (χ1) is 20.5. The smallest absolute Gasteiger partial charge is 0.264 e. The molecular formula is C32H34I2N4O4Si. The zero-order valence-electron chi connectivity index (χ0n) is 24.2. The molecule has 4 aromatic rings. The second-order valence-corrected chi connectivity index (χ2v) is 18.5. The van der Waals surface area contributed by atoms with Crippen LogP contribution in [-0.2, 0) is 28.2 Å². The van der Waals surface area contributed by atoms with Crippen molar-refractivity contribution in [1.29, 1.82) is 0 Å². The minimum Gasteiger partial charge on any atom is -0.432 e. The van der Waals surface area contributed by atoms with Gasteiger partial charge < -0.3 is 19.5 Å². The largest absolute Gasteiger partial charge is 0.432 e. The number of aryl methyl sites for hydroxylation is 1. The van der Waals surface area contributed by atoms with E-state index in [-0.39, 0.29) is 23.5 Å². The molecule has 11 heteroatoms. The number of aliphatic hydroxyl groups excluding tert-OH is 1. The van der Waals surface area contributed by atoms with E-state index in [1.54, 1.807) is 10.9 Å². The molecule has 1 spiro atoms. The Kier molecular flexibility index (Phi) is 8.58. The van der Waals surface area contributed by atoms with Crippen molar-refractivity contribution < 1.29 is 19.4 Å². The van der Waals surface area contributed by atoms with Crippen LogP contribution in [0.25, 0.3) is 0 Å². The standard InChI is InChI=1S/C32H34I2N4O4Si/c1-20-30(43(2,3)41)28(15-16-37-19-26(35-36-37)29(39)22-7-5-4-6-8-22)42-32(20)25-17-24(34)13-14-27(25)38(31(32)40)18-21-9-11-23(33)12-10-21/h4-14,17,19-20,28-30,39,41H,15-16,18H2,1-3H3/t20-,28+,29-,30-,32+/m1/s1. The highest BCUT2D eigenvalue weighted by Crippen LogP contribution is 2.60. The second-order valence-electron chi connectivity index (χ2n) is 12.0. The normalized spacial score (nSPS) is 24.1. The van der Waals surface area contributed by atoms with Gasteiger partial charge in [0.1, 0.15) is 11.8 Å². The second kappa shape index (κ2) is 12.0. The quantitative estimate of drug-likeness (QED) is 0.167. The molecule has 1 aromatic heterocycles. The van der Waals surface area contributed by atoms with E-state index >= 15 is 0 Å². The third-order valence-electron chi connectivity index (χ3n) is 8.79. The van der Waals surface area contributed by atoms with Crippen molar-refractivity contribution in [2.45, 2.75) is 62.9 Å². The molecule has 1 amide bonds. The zero-order chi connectivity index (χ0) is 30.5. The summed E-state index contributed by atoms with van der Waals surface area (Å²) < 4.78 is 10.8. The molecule has 3 heterocycles. The Labute approximate surface area is 279 Å². The highest BCUT2D eigenvalue weighted by Gasteiger charge is 2.66. The first kappa shape index (κ1) is 30.8. The van der Waals surface area contributed by atoms with Gasteiger partial charge in [-0.15, -0.1) is 5.10 Å². The van der Waals surface area contributed by atoms with Crippen LogP contribution in [0.3, 0.4) is 0 Å². The number of ether oxygens (including phenoxy) is 1. The van der Waals surface area contributed by atoms with Crippen molar-refractivity contribution in [1.82, 2.24) is 15.0 Å². The molecular weight excluding hydrogens is 786 g/mol. The number of carbonyl (C=O) groups is 1. The summed E-state index contributed by atoms with van der Waals surface area (Å²) in [5, 5.41) is 19.3. The van der Waals surface area contributed by atoms with Gasteiger partial charge in [0.25, 0.3) is 5.91 Å². The van der Waals surface area contributed by atoms with E-state index < -0.39 is 20.0 Å². The van der Waals surface area contributed by atoms with Crippen LogP contribution in [0.5, 0.6) is 0 Å². The summed E-state index contributed by atoms with van der Waals surface area (Å²) in [7, 11) is -2.79. The number of carbonyl (C=O) groups excluding carboxylic acids is 1. The molecule has 0 saturated carbocycles. The maximum Gasteiger partial charge on any atom is 0.264 e. The molecule has 1 fully saturated rings. The van der Waals surface area contributed by atoms with Crippen molar-refractivity contribution in [3.8, 4) is 0 Å². The van der Waals surface area contributed by atoms with Gasteiger partial charge in [0, 0.05) is 30.7 Å². The van der Waals surface area contributed by atoms with Gasteiger partial charge in [0.2, 0.25) is 0 Å². The fraction of sp³-hybridized carbons (Fsp3) is 0.344. The average Bonchev–Trinajstić information content (AvgIpc) is 3.64. The summed E-state index contributed by atoms with van der Waals surface area (Å²) in [6.07, 6.45) is 1.07. The Bertz CT molecular complexity index is 1630. The minimum atomic E-state index is -2.79. The van der Waals surface area contributed by atoms with Crippen molar-refractivity contribution >= 4 is 65.1 Å². The van der Waals surface area contributed by atoms with Crippen LogP contribution in [-0.4, -0.2) is 45.2 Å². The number of aromatic nitrogens is 3. The molecule has 0 aliphatic carbocycles. The summed E-state index contributed by atoms with van der Waals surface area (Å²) >= 11 is 4.57. The lowest BCUT2D eigenvalue weighted by atomic mass is 9.82. The molecule has 2 aliphatic heterocycles. The van der Waals surface area contributed by atoms with Crippen LogP contribution in [0.2, 0.25) is 18.6 Å². The van der Waals surface area contributed by atoms with Crippen LogP contribution in [0.1, 0.15) is 41.8 Å². The van der Waals surface area contributed by atoms with Crippen LogP contribution < -0.4 is 4.90 Å². The molecule has 0 unspecified atom stereocenters. The number of fused-ring (bicyclic) bond motifs is 2. The minimum absolute atomic E-state index is 0.0738. The molecule has 2 aliphatic rings. The predicted octanol–water partition coefficient (Wildman–Crippen LogP) is 6.00. The average molecular weight is 821 g/mol. The van der Waals surface area contributed by atoms with Gasteiger partial charge in [0.15, 0.2) is 13.9 Å². The maximum atomic E-state index is 14.6. The van der Waals surface area contributed by atoms with E-state index in [0.717, 1.165) is 29.5 Å². The van der Waals surface area contributed by atoms with Gasteiger partial charge in [-0.1, -0.05) is 54.6 Å². The van der Waals surface area contributed by atoms with Gasteiger partial charge >= 0.3 is 0 Å². The number of rotatable bonds is 8.